The van der Waals surface area contributed by atoms with Crippen LogP contribution < -0.4 is 10.4 Å². The van der Waals surface area contributed by atoms with Gasteiger partial charge in [0.1, 0.15) is 0 Å². The molecule has 18 heavy (non-hydrogen) atoms. The molecule has 6 nitrogen and oxygen atoms in total. The van der Waals surface area contributed by atoms with Crippen LogP contribution in [-0.2, 0) is 16.1 Å². The van der Waals surface area contributed by atoms with Crippen LogP contribution in [-0.4, -0.2) is 42.1 Å². The number of hydrogen-bond donors (Lipinski definition) is 2. The van der Waals surface area contributed by atoms with Crippen LogP contribution in [0.3, 0.4) is 0 Å². The average molecular weight is 249 g/mol. The van der Waals surface area contributed by atoms with Crippen molar-refractivity contribution >= 4 is 17.5 Å². The lowest BCUT2D eigenvalue weighted by molar-refractivity contribution is -0.145. The SMILES string of the molecule is CN1CCN(c2ccccc2CNO)C(=O)C1=O. The molecular formula is C12H15N3O3. The lowest BCUT2D eigenvalue weighted by Crippen LogP contribution is -2.53. The van der Waals surface area contributed by atoms with Crippen LogP contribution in [0.2, 0.25) is 0 Å². The molecule has 1 aromatic carbocycles. The maximum Gasteiger partial charge on any atom is 0.316 e. The van der Waals surface area contributed by atoms with Crippen molar-refractivity contribution in [3.05, 3.63) is 29.8 Å². The van der Waals surface area contributed by atoms with Gasteiger partial charge in [-0.1, -0.05) is 18.2 Å². The van der Waals surface area contributed by atoms with E-state index in [1.54, 1.807) is 25.2 Å². The highest BCUT2D eigenvalue weighted by atomic mass is 16.5. The fraction of sp³-hybridized carbons (Fsp3) is 0.333. The van der Waals surface area contributed by atoms with Crippen LogP contribution in [0.1, 0.15) is 5.56 Å². The molecule has 0 unspecified atom stereocenters. The Morgan fingerprint density at radius 2 is 1.94 bits per heavy atom. The van der Waals surface area contributed by atoms with Crippen molar-refractivity contribution in [1.29, 1.82) is 0 Å². The fourth-order valence-electron chi connectivity index (χ4n) is 1.97. The van der Waals surface area contributed by atoms with Crippen LogP contribution in [0.4, 0.5) is 5.69 Å². The quantitative estimate of drug-likeness (QED) is 0.583. The highest BCUT2D eigenvalue weighted by molar-refractivity contribution is 6.41. The van der Waals surface area contributed by atoms with E-state index < -0.39 is 11.8 Å². The number of nitrogens with one attached hydrogen (secondary N) is 1. The molecule has 96 valence electrons. The number of anilines is 1. The van der Waals surface area contributed by atoms with Gasteiger partial charge in [0.15, 0.2) is 0 Å². The van der Waals surface area contributed by atoms with Gasteiger partial charge >= 0.3 is 11.8 Å². The number of hydroxylamine groups is 1. The molecule has 1 saturated heterocycles. The van der Waals surface area contributed by atoms with E-state index >= 15 is 0 Å². The number of benzene rings is 1. The summed E-state index contributed by atoms with van der Waals surface area (Å²) in [7, 11) is 1.61. The summed E-state index contributed by atoms with van der Waals surface area (Å²) in [4.78, 5) is 26.5. The van der Waals surface area contributed by atoms with Gasteiger partial charge in [-0.2, -0.15) is 0 Å². The Kier molecular flexibility index (Phi) is 3.59. The maximum absolute atomic E-state index is 11.9. The van der Waals surface area contributed by atoms with E-state index in [1.807, 2.05) is 6.07 Å². The Balaban J connectivity index is 2.31. The summed E-state index contributed by atoms with van der Waals surface area (Å²) in [5.74, 6) is -1.04. The monoisotopic (exact) mass is 249 g/mol. The number of carbonyl (C=O) groups is 2. The Morgan fingerprint density at radius 3 is 2.67 bits per heavy atom. The van der Waals surface area contributed by atoms with E-state index in [1.165, 1.54) is 9.80 Å². The van der Waals surface area contributed by atoms with Crippen LogP contribution in [0.15, 0.2) is 24.3 Å². The zero-order valence-electron chi connectivity index (χ0n) is 10.1. The van der Waals surface area contributed by atoms with Gasteiger partial charge in [0.25, 0.3) is 0 Å². The molecule has 0 aliphatic carbocycles. The smallest absolute Gasteiger partial charge is 0.316 e. The van der Waals surface area contributed by atoms with E-state index in [0.29, 0.717) is 18.8 Å². The first-order chi connectivity index (χ1) is 8.65. The minimum atomic E-state index is -0.533. The van der Waals surface area contributed by atoms with Gasteiger partial charge in [-0.25, -0.2) is 5.48 Å². The molecule has 0 aromatic heterocycles. The summed E-state index contributed by atoms with van der Waals surface area (Å²) in [6.45, 7) is 1.19. The Bertz CT molecular complexity index is 475. The van der Waals surface area contributed by atoms with E-state index in [4.69, 9.17) is 5.21 Å². The predicted octanol–water partition coefficient (Wildman–Crippen LogP) is -0.0296. The molecule has 0 radical (unpaired) electrons. The lowest BCUT2D eigenvalue weighted by atomic mass is 10.1. The number of rotatable bonds is 3. The van der Waals surface area contributed by atoms with Gasteiger partial charge < -0.3 is 15.0 Å². The maximum atomic E-state index is 11.9. The zero-order chi connectivity index (χ0) is 13.1. The minimum absolute atomic E-state index is 0.226. The summed E-state index contributed by atoms with van der Waals surface area (Å²) in [6, 6.07) is 7.18. The first-order valence-electron chi connectivity index (χ1n) is 5.67. The third kappa shape index (κ3) is 2.20. The second-order valence-electron chi connectivity index (χ2n) is 4.15. The summed E-state index contributed by atoms with van der Waals surface area (Å²) in [5.41, 5.74) is 3.49. The highest BCUT2D eigenvalue weighted by Gasteiger charge is 2.31. The third-order valence-corrected chi connectivity index (χ3v) is 2.99. The average Bonchev–Trinajstić information content (AvgIpc) is 2.38. The van der Waals surface area contributed by atoms with Gasteiger partial charge in [0.2, 0.25) is 0 Å². The summed E-state index contributed by atoms with van der Waals surface area (Å²) in [5, 5.41) is 8.77. The number of amides is 2. The number of para-hydroxylation sites is 1. The Hall–Kier alpha value is -1.92. The van der Waals surface area contributed by atoms with Crippen molar-refractivity contribution in [2.24, 2.45) is 0 Å². The van der Waals surface area contributed by atoms with Crippen molar-refractivity contribution in [3.63, 3.8) is 0 Å². The van der Waals surface area contributed by atoms with Crippen LogP contribution in [0.5, 0.6) is 0 Å². The van der Waals surface area contributed by atoms with E-state index in [2.05, 4.69) is 5.48 Å². The molecule has 2 N–H and O–H groups in total. The van der Waals surface area contributed by atoms with E-state index in [9.17, 15) is 9.59 Å². The number of carbonyl (C=O) groups excluding carboxylic acids is 2. The van der Waals surface area contributed by atoms with Crippen molar-refractivity contribution in [2.45, 2.75) is 6.54 Å². The molecule has 6 heteroatoms. The number of likely N-dealkylation sites (N-methyl/N-ethyl adjacent to an activating group) is 1. The molecule has 0 atom stereocenters. The molecule has 0 spiro atoms. The molecule has 1 fully saturated rings. The minimum Gasteiger partial charge on any atom is -0.336 e. The van der Waals surface area contributed by atoms with Crippen molar-refractivity contribution < 1.29 is 14.8 Å². The first kappa shape index (κ1) is 12.5. The standard InChI is InChI=1S/C12H15N3O3/c1-14-6-7-15(12(17)11(14)16)10-5-3-2-4-9(10)8-13-18/h2-5,13,18H,6-8H2,1H3. The van der Waals surface area contributed by atoms with Crippen molar-refractivity contribution in [3.8, 4) is 0 Å². The number of piperazine rings is 1. The van der Waals surface area contributed by atoms with Gasteiger partial charge in [0, 0.05) is 32.4 Å². The normalized spacial score (nSPS) is 16.3. The Morgan fingerprint density at radius 1 is 1.22 bits per heavy atom. The molecule has 1 heterocycles. The van der Waals surface area contributed by atoms with Crippen LogP contribution in [0.25, 0.3) is 0 Å². The molecule has 1 aliphatic rings. The van der Waals surface area contributed by atoms with Crippen molar-refractivity contribution in [1.82, 2.24) is 10.4 Å². The van der Waals surface area contributed by atoms with E-state index in [-0.39, 0.29) is 6.54 Å². The molecule has 0 saturated carbocycles. The van der Waals surface area contributed by atoms with Gasteiger partial charge in [0.05, 0.1) is 0 Å². The zero-order valence-corrected chi connectivity index (χ0v) is 10.1. The Labute approximate surface area is 105 Å². The predicted molar refractivity (Wildman–Crippen MR) is 65.1 cm³/mol. The second-order valence-corrected chi connectivity index (χ2v) is 4.15. The summed E-state index contributed by atoms with van der Waals surface area (Å²) < 4.78 is 0. The molecule has 1 aliphatic heterocycles. The number of nitrogens with zero attached hydrogens (tertiary/aromatic N) is 2. The topological polar surface area (TPSA) is 72.9 Å². The fourth-order valence-corrected chi connectivity index (χ4v) is 1.97. The summed E-state index contributed by atoms with van der Waals surface area (Å²) >= 11 is 0. The van der Waals surface area contributed by atoms with Gasteiger partial charge in [-0.05, 0) is 11.6 Å². The number of hydrogen-bond acceptors (Lipinski definition) is 4. The third-order valence-electron chi connectivity index (χ3n) is 2.99. The lowest BCUT2D eigenvalue weighted by Gasteiger charge is -2.32. The first-order valence-corrected chi connectivity index (χ1v) is 5.67. The van der Waals surface area contributed by atoms with Crippen LogP contribution >= 0.6 is 0 Å². The highest BCUT2D eigenvalue weighted by Crippen LogP contribution is 2.22. The largest absolute Gasteiger partial charge is 0.336 e. The van der Waals surface area contributed by atoms with Gasteiger partial charge in [-0.3, -0.25) is 9.59 Å². The van der Waals surface area contributed by atoms with Crippen LogP contribution in [0, 0.1) is 0 Å². The molecule has 2 amide bonds. The second kappa shape index (κ2) is 5.16. The molecule has 0 bridgehead atoms. The van der Waals surface area contributed by atoms with Crippen molar-refractivity contribution in [2.75, 3.05) is 25.0 Å². The van der Waals surface area contributed by atoms with E-state index in [0.717, 1.165) is 5.56 Å². The molecular weight excluding hydrogens is 234 g/mol. The molecule has 2 rings (SSSR count). The van der Waals surface area contributed by atoms with Gasteiger partial charge in [-0.15, -0.1) is 0 Å². The molecule has 1 aromatic rings. The summed E-state index contributed by atoms with van der Waals surface area (Å²) in [6.07, 6.45) is 0.